The highest BCUT2D eigenvalue weighted by atomic mass is 35.5. The van der Waals surface area contributed by atoms with Crippen LogP contribution in [-0.4, -0.2) is 44.1 Å². The molecule has 7 nitrogen and oxygen atoms in total. The van der Waals surface area contributed by atoms with E-state index in [0.29, 0.717) is 33.7 Å². The molecule has 1 saturated heterocycles. The number of fused-ring (bicyclic) bond motifs is 1. The topological polar surface area (TPSA) is 78.8 Å². The molecule has 0 atom stereocenters. The van der Waals surface area contributed by atoms with Gasteiger partial charge in [0.15, 0.2) is 11.2 Å². The number of H-pyrrole nitrogens is 1. The second-order valence-electron chi connectivity index (χ2n) is 8.09. The van der Waals surface area contributed by atoms with E-state index in [1.165, 1.54) is 45.3 Å². The van der Waals surface area contributed by atoms with Crippen molar-refractivity contribution in [2.24, 2.45) is 0 Å². The van der Waals surface area contributed by atoms with Gasteiger partial charge in [0.2, 0.25) is 5.95 Å². The summed E-state index contributed by atoms with van der Waals surface area (Å²) in [5.41, 5.74) is 1.73. The molecule has 0 bridgehead atoms. The van der Waals surface area contributed by atoms with Crippen LogP contribution < -0.4 is 10.9 Å². The van der Waals surface area contributed by atoms with Crippen LogP contribution >= 0.6 is 23.2 Å². The first-order valence-electron chi connectivity index (χ1n) is 11.0. The number of aromatic amines is 1. The molecule has 0 aliphatic carbocycles. The Morgan fingerprint density at radius 2 is 1.84 bits per heavy atom. The number of unbranched alkanes of at least 4 members (excludes halogenated alkanes) is 2. The molecule has 9 heteroatoms. The lowest BCUT2D eigenvalue weighted by molar-refractivity contribution is 0.224. The number of benzene rings is 1. The van der Waals surface area contributed by atoms with Crippen LogP contribution in [0, 0.1) is 0 Å². The highest BCUT2D eigenvalue weighted by Gasteiger charge is 2.12. The van der Waals surface area contributed by atoms with Gasteiger partial charge in [-0.3, -0.25) is 9.78 Å². The summed E-state index contributed by atoms with van der Waals surface area (Å²) in [6, 6.07) is 5.40. The van der Waals surface area contributed by atoms with E-state index in [4.69, 9.17) is 23.2 Å². The summed E-state index contributed by atoms with van der Waals surface area (Å²) in [6.45, 7) is 4.91. The van der Waals surface area contributed by atoms with E-state index in [1.807, 2.05) is 10.6 Å². The van der Waals surface area contributed by atoms with Crippen molar-refractivity contribution >= 4 is 40.3 Å². The molecule has 31 heavy (non-hydrogen) atoms. The normalized spacial score (nSPS) is 14.9. The van der Waals surface area contributed by atoms with Gasteiger partial charge in [-0.25, -0.2) is 4.98 Å². The van der Waals surface area contributed by atoms with Crippen LogP contribution in [0.1, 0.15) is 44.1 Å². The molecule has 166 valence electrons. The van der Waals surface area contributed by atoms with E-state index < -0.39 is 0 Å². The van der Waals surface area contributed by atoms with Crippen LogP contribution in [0.3, 0.4) is 0 Å². The van der Waals surface area contributed by atoms with Crippen LogP contribution in [0.25, 0.3) is 11.2 Å². The smallest absolute Gasteiger partial charge is 0.278 e. The highest BCUT2D eigenvalue weighted by molar-refractivity contribution is 6.42. The minimum Gasteiger partial charge on any atom is -0.352 e. The standard InChI is InChI=1S/C22H28Cl2N6O/c23-17-8-7-16(13-18(17)24)14-25-22-27-20-19(21(31)28-22)30(15-26-20)12-6-2-5-11-29-9-3-1-4-10-29/h7-8,13,15H,1-6,9-12,14H2,(H2,25,27,28,31). The number of nitrogens with zero attached hydrogens (tertiary/aromatic N) is 4. The van der Waals surface area contributed by atoms with Gasteiger partial charge >= 0.3 is 0 Å². The fourth-order valence-corrected chi connectivity index (χ4v) is 4.37. The molecule has 1 aliphatic rings. The van der Waals surface area contributed by atoms with Gasteiger partial charge in [-0.15, -0.1) is 0 Å². The Bertz CT molecular complexity index is 1070. The molecule has 1 fully saturated rings. The zero-order chi connectivity index (χ0) is 21.6. The summed E-state index contributed by atoms with van der Waals surface area (Å²) >= 11 is 12.0. The number of nitrogens with one attached hydrogen (secondary N) is 2. The van der Waals surface area contributed by atoms with E-state index in [1.54, 1.807) is 18.5 Å². The van der Waals surface area contributed by atoms with Gasteiger partial charge in [-0.05, 0) is 63.0 Å². The van der Waals surface area contributed by atoms with E-state index in [9.17, 15) is 4.79 Å². The van der Waals surface area contributed by atoms with Crippen molar-refractivity contribution in [3.63, 3.8) is 0 Å². The average molecular weight is 463 g/mol. The molecule has 1 aliphatic heterocycles. The van der Waals surface area contributed by atoms with Crippen molar-refractivity contribution in [1.29, 1.82) is 0 Å². The fraction of sp³-hybridized carbons (Fsp3) is 0.500. The molecular formula is C22H28Cl2N6O. The molecule has 4 rings (SSSR count). The van der Waals surface area contributed by atoms with Crippen molar-refractivity contribution in [3.8, 4) is 0 Å². The third kappa shape index (κ3) is 5.79. The Labute approximate surface area is 191 Å². The molecule has 3 heterocycles. The number of aryl methyl sites for hydroxylation is 1. The predicted octanol–water partition coefficient (Wildman–Crippen LogP) is 4.69. The Kier molecular flexibility index (Phi) is 7.48. The van der Waals surface area contributed by atoms with Crippen molar-refractivity contribution in [1.82, 2.24) is 24.4 Å². The van der Waals surface area contributed by atoms with Gasteiger partial charge < -0.3 is 14.8 Å². The van der Waals surface area contributed by atoms with Gasteiger partial charge in [0.1, 0.15) is 0 Å². The summed E-state index contributed by atoms with van der Waals surface area (Å²) in [5, 5.41) is 4.12. The molecule has 0 spiro atoms. The number of imidazole rings is 1. The number of likely N-dealkylation sites (tertiary alicyclic amines) is 1. The van der Waals surface area contributed by atoms with Crippen molar-refractivity contribution in [3.05, 3.63) is 50.5 Å². The molecule has 0 saturated carbocycles. The second kappa shape index (κ2) is 10.5. The fourth-order valence-electron chi connectivity index (χ4n) is 4.05. The molecule has 0 amide bonds. The van der Waals surface area contributed by atoms with Crippen LogP contribution in [-0.2, 0) is 13.1 Å². The van der Waals surface area contributed by atoms with Crippen LogP contribution in [0.2, 0.25) is 10.0 Å². The highest BCUT2D eigenvalue weighted by Crippen LogP contribution is 2.23. The summed E-state index contributed by atoms with van der Waals surface area (Å²) in [5.74, 6) is 0.385. The molecular weight excluding hydrogens is 435 g/mol. The number of aromatic nitrogens is 4. The largest absolute Gasteiger partial charge is 0.352 e. The Morgan fingerprint density at radius 3 is 2.65 bits per heavy atom. The number of hydrogen-bond acceptors (Lipinski definition) is 5. The second-order valence-corrected chi connectivity index (χ2v) is 8.90. The first-order valence-corrected chi connectivity index (χ1v) is 11.7. The first-order chi connectivity index (χ1) is 15.1. The minimum absolute atomic E-state index is 0.188. The SMILES string of the molecule is O=c1[nH]c(NCc2ccc(Cl)c(Cl)c2)nc2ncn(CCCCCN3CCCCC3)c12. The zero-order valence-corrected chi connectivity index (χ0v) is 19.1. The maximum Gasteiger partial charge on any atom is 0.278 e. The van der Waals surface area contributed by atoms with Crippen molar-refractivity contribution in [2.75, 3.05) is 25.0 Å². The van der Waals surface area contributed by atoms with E-state index in [-0.39, 0.29) is 5.56 Å². The lowest BCUT2D eigenvalue weighted by Gasteiger charge is -2.26. The predicted molar refractivity (Wildman–Crippen MR) is 126 cm³/mol. The van der Waals surface area contributed by atoms with Crippen LogP contribution in [0.4, 0.5) is 5.95 Å². The summed E-state index contributed by atoms with van der Waals surface area (Å²) in [4.78, 5) is 26.8. The third-order valence-electron chi connectivity index (χ3n) is 5.75. The zero-order valence-electron chi connectivity index (χ0n) is 17.5. The average Bonchev–Trinajstić information content (AvgIpc) is 3.18. The Balaban J connectivity index is 1.31. The van der Waals surface area contributed by atoms with Gasteiger partial charge in [0, 0.05) is 13.1 Å². The first kappa shape index (κ1) is 22.1. The lowest BCUT2D eigenvalue weighted by atomic mass is 10.1. The maximum atomic E-state index is 12.6. The van der Waals surface area contributed by atoms with Gasteiger partial charge in [-0.2, -0.15) is 4.98 Å². The van der Waals surface area contributed by atoms with E-state index >= 15 is 0 Å². The van der Waals surface area contributed by atoms with Crippen molar-refractivity contribution < 1.29 is 0 Å². The monoisotopic (exact) mass is 462 g/mol. The molecule has 0 radical (unpaired) electrons. The summed E-state index contributed by atoms with van der Waals surface area (Å²) in [7, 11) is 0. The van der Waals surface area contributed by atoms with Crippen LogP contribution in [0.5, 0.6) is 0 Å². The summed E-state index contributed by atoms with van der Waals surface area (Å²) < 4.78 is 1.91. The number of hydrogen-bond donors (Lipinski definition) is 2. The molecule has 3 aromatic rings. The van der Waals surface area contributed by atoms with Gasteiger partial charge in [-0.1, -0.05) is 42.1 Å². The van der Waals surface area contributed by atoms with Crippen LogP contribution in [0.15, 0.2) is 29.3 Å². The number of piperidine rings is 1. The third-order valence-corrected chi connectivity index (χ3v) is 6.49. The van der Waals surface area contributed by atoms with Gasteiger partial charge in [0.05, 0.1) is 16.4 Å². The quantitative estimate of drug-likeness (QED) is 0.450. The maximum absolute atomic E-state index is 12.6. The number of halogens is 2. The number of rotatable bonds is 9. The molecule has 2 aromatic heterocycles. The van der Waals surface area contributed by atoms with Crippen molar-refractivity contribution in [2.45, 2.75) is 51.6 Å². The number of anilines is 1. The Hall–Kier alpha value is -2.09. The molecule has 2 N–H and O–H groups in total. The van der Waals surface area contributed by atoms with E-state index in [2.05, 4.69) is 25.2 Å². The lowest BCUT2D eigenvalue weighted by Crippen LogP contribution is -2.30. The molecule has 0 unspecified atom stereocenters. The van der Waals surface area contributed by atoms with E-state index in [0.717, 1.165) is 24.9 Å². The summed E-state index contributed by atoms with van der Waals surface area (Å²) in [6.07, 6.45) is 9.12. The Morgan fingerprint density at radius 1 is 1.03 bits per heavy atom. The molecule has 1 aromatic carbocycles. The minimum atomic E-state index is -0.188. The van der Waals surface area contributed by atoms with Gasteiger partial charge in [0.25, 0.3) is 5.56 Å².